The van der Waals surface area contributed by atoms with Gasteiger partial charge in [0.15, 0.2) is 0 Å². The van der Waals surface area contributed by atoms with Crippen molar-refractivity contribution in [3.63, 3.8) is 0 Å². The molecule has 1 unspecified atom stereocenters. The van der Waals surface area contributed by atoms with Crippen molar-refractivity contribution in [2.75, 3.05) is 5.73 Å². The van der Waals surface area contributed by atoms with E-state index >= 15 is 0 Å². The van der Waals surface area contributed by atoms with Gasteiger partial charge in [0, 0.05) is 12.4 Å². The Morgan fingerprint density at radius 3 is 2.74 bits per heavy atom. The average Bonchev–Trinajstić information content (AvgIpc) is 2.80. The molecule has 19 heavy (non-hydrogen) atoms. The number of rotatable bonds is 4. The topological polar surface area (TPSA) is 101 Å². The highest BCUT2D eigenvalue weighted by atomic mass is 32.2. The van der Waals surface area contributed by atoms with Crippen LogP contribution in [0.25, 0.3) is 0 Å². The number of nitrogens with zero attached hydrogens (tertiary/aromatic N) is 1. The number of hydrogen-bond acceptors (Lipinski definition) is 4. The second-order valence-corrected chi connectivity index (χ2v) is 5.96. The first-order valence-electron chi connectivity index (χ1n) is 5.78. The van der Waals surface area contributed by atoms with Crippen molar-refractivity contribution in [2.45, 2.75) is 24.8 Å². The highest BCUT2D eigenvalue weighted by Gasteiger charge is 2.23. The lowest BCUT2D eigenvalue weighted by Gasteiger charge is -2.15. The number of nitrogens with two attached hydrogens (primary N) is 1. The number of benzene rings is 1. The molecule has 0 aliphatic rings. The van der Waals surface area contributed by atoms with Gasteiger partial charge in [-0.3, -0.25) is 0 Å². The number of nitrogen functional groups attached to an aromatic ring is 1. The zero-order valence-electron chi connectivity index (χ0n) is 10.7. The summed E-state index contributed by atoms with van der Waals surface area (Å²) in [6, 6.07) is 4.54. The highest BCUT2D eigenvalue weighted by molar-refractivity contribution is 7.89. The maximum absolute atomic E-state index is 12.3. The Morgan fingerprint density at radius 2 is 2.16 bits per heavy atom. The molecule has 0 aliphatic heterocycles. The van der Waals surface area contributed by atoms with Crippen LogP contribution in [0.15, 0.2) is 35.5 Å². The van der Waals surface area contributed by atoms with E-state index in [1.165, 1.54) is 0 Å². The fourth-order valence-corrected chi connectivity index (χ4v) is 3.47. The first-order valence-corrected chi connectivity index (χ1v) is 7.27. The average molecular weight is 280 g/mol. The van der Waals surface area contributed by atoms with Crippen LogP contribution in [0.5, 0.6) is 0 Å². The van der Waals surface area contributed by atoms with E-state index in [4.69, 9.17) is 5.73 Å². The number of aromatic nitrogens is 2. The molecule has 4 N–H and O–H groups in total. The predicted octanol–water partition coefficient (Wildman–Crippen LogP) is 1.34. The third-order valence-corrected chi connectivity index (χ3v) is 4.53. The van der Waals surface area contributed by atoms with Gasteiger partial charge in [0.2, 0.25) is 10.0 Å². The first kappa shape index (κ1) is 13.6. The van der Waals surface area contributed by atoms with Crippen LogP contribution in [0.2, 0.25) is 0 Å². The van der Waals surface area contributed by atoms with Gasteiger partial charge in [-0.2, -0.15) is 0 Å². The molecule has 1 atom stereocenters. The summed E-state index contributed by atoms with van der Waals surface area (Å²) in [5.41, 5.74) is 6.60. The summed E-state index contributed by atoms with van der Waals surface area (Å²) in [6.07, 6.45) is 3.21. The number of sulfonamides is 1. The van der Waals surface area contributed by atoms with Gasteiger partial charge in [-0.1, -0.05) is 12.1 Å². The summed E-state index contributed by atoms with van der Waals surface area (Å²) in [4.78, 5) is 7.01. The molecule has 1 aromatic carbocycles. The molecule has 0 saturated carbocycles. The molecular weight excluding hydrogens is 264 g/mol. The van der Waals surface area contributed by atoms with Gasteiger partial charge in [-0.15, -0.1) is 0 Å². The minimum Gasteiger partial charge on any atom is -0.398 e. The maximum atomic E-state index is 12.3. The van der Waals surface area contributed by atoms with Crippen LogP contribution in [0.4, 0.5) is 5.69 Å². The second-order valence-electron chi connectivity index (χ2n) is 4.31. The van der Waals surface area contributed by atoms with E-state index in [-0.39, 0.29) is 10.6 Å². The molecule has 0 radical (unpaired) electrons. The molecule has 2 aromatic rings. The predicted molar refractivity (Wildman–Crippen MR) is 72.9 cm³/mol. The van der Waals surface area contributed by atoms with E-state index in [2.05, 4.69) is 14.7 Å². The van der Waals surface area contributed by atoms with Crippen LogP contribution < -0.4 is 10.5 Å². The Balaban J connectivity index is 2.33. The Labute approximate surface area is 112 Å². The van der Waals surface area contributed by atoms with E-state index in [1.54, 1.807) is 44.4 Å². The van der Waals surface area contributed by atoms with Crippen LogP contribution in [-0.4, -0.2) is 18.4 Å². The van der Waals surface area contributed by atoms with E-state index < -0.39 is 16.1 Å². The van der Waals surface area contributed by atoms with E-state index in [1.807, 2.05) is 0 Å². The molecule has 2 rings (SSSR count). The molecule has 0 spiro atoms. The van der Waals surface area contributed by atoms with Crippen molar-refractivity contribution in [1.82, 2.24) is 14.7 Å². The highest BCUT2D eigenvalue weighted by Crippen LogP contribution is 2.23. The minimum absolute atomic E-state index is 0.119. The summed E-state index contributed by atoms with van der Waals surface area (Å²) < 4.78 is 27.2. The van der Waals surface area contributed by atoms with Crippen molar-refractivity contribution in [3.05, 3.63) is 42.0 Å². The summed E-state index contributed by atoms with van der Waals surface area (Å²) in [6.45, 7) is 3.42. The van der Waals surface area contributed by atoms with Crippen LogP contribution >= 0.6 is 0 Å². The van der Waals surface area contributed by atoms with Crippen LogP contribution in [0, 0.1) is 6.92 Å². The minimum atomic E-state index is -3.68. The molecule has 1 aromatic heterocycles. The molecule has 0 fully saturated rings. The summed E-state index contributed by atoms with van der Waals surface area (Å²) >= 11 is 0. The first-order chi connectivity index (χ1) is 8.92. The quantitative estimate of drug-likeness (QED) is 0.736. The van der Waals surface area contributed by atoms with Crippen LogP contribution in [-0.2, 0) is 10.0 Å². The SMILES string of the molecule is Cc1cccc(N)c1S(=O)(=O)NC(C)c1ncc[nH]1. The molecule has 0 saturated heterocycles. The Morgan fingerprint density at radius 1 is 1.42 bits per heavy atom. The zero-order chi connectivity index (χ0) is 14.0. The van der Waals surface area contributed by atoms with Gasteiger partial charge < -0.3 is 10.7 Å². The van der Waals surface area contributed by atoms with Crippen LogP contribution in [0.1, 0.15) is 24.4 Å². The second kappa shape index (κ2) is 5.02. The van der Waals surface area contributed by atoms with Gasteiger partial charge in [0.05, 0.1) is 11.7 Å². The third kappa shape index (κ3) is 2.77. The largest absolute Gasteiger partial charge is 0.398 e. The molecular formula is C12H16N4O2S. The number of nitrogens with one attached hydrogen (secondary N) is 2. The molecule has 1 heterocycles. The van der Waals surface area contributed by atoms with Crippen molar-refractivity contribution >= 4 is 15.7 Å². The zero-order valence-corrected chi connectivity index (χ0v) is 11.5. The van der Waals surface area contributed by atoms with E-state index in [9.17, 15) is 8.42 Å². The lowest BCUT2D eigenvalue weighted by atomic mass is 10.2. The van der Waals surface area contributed by atoms with Crippen LogP contribution in [0.3, 0.4) is 0 Å². The van der Waals surface area contributed by atoms with E-state index in [0.717, 1.165) is 0 Å². The van der Waals surface area contributed by atoms with Gasteiger partial charge in [0.1, 0.15) is 10.7 Å². The smallest absolute Gasteiger partial charge is 0.243 e. The number of anilines is 1. The molecule has 7 heteroatoms. The summed E-state index contributed by atoms with van der Waals surface area (Å²) in [7, 11) is -3.68. The lowest BCUT2D eigenvalue weighted by Crippen LogP contribution is -2.28. The normalized spacial score (nSPS) is 13.4. The molecule has 102 valence electrons. The number of H-pyrrole nitrogens is 1. The Hall–Kier alpha value is -1.86. The number of aromatic amines is 1. The number of hydrogen-bond donors (Lipinski definition) is 3. The maximum Gasteiger partial charge on any atom is 0.243 e. The summed E-state index contributed by atoms with van der Waals surface area (Å²) in [5, 5.41) is 0. The van der Waals surface area contributed by atoms with Gasteiger partial charge in [0.25, 0.3) is 0 Å². The monoisotopic (exact) mass is 280 g/mol. The molecule has 0 aliphatic carbocycles. The number of imidazole rings is 1. The lowest BCUT2D eigenvalue weighted by molar-refractivity contribution is 0.561. The third-order valence-electron chi connectivity index (χ3n) is 2.77. The van der Waals surface area contributed by atoms with Crippen molar-refractivity contribution in [1.29, 1.82) is 0 Å². The van der Waals surface area contributed by atoms with Crippen molar-refractivity contribution in [2.24, 2.45) is 0 Å². The van der Waals surface area contributed by atoms with Gasteiger partial charge >= 0.3 is 0 Å². The van der Waals surface area contributed by atoms with Gasteiger partial charge in [-0.25, -0.2) is 18.1 Å². The van der Waals surface area contributed by atoms with Crippen molar-refractivity contribution < 1.29 is 8.42 Å². The standard InChI is InChI=1S/C12H16N4O2S/c1-8-4-3-5-10(13)11(8)19(17,18)16-9(2)12-14-6-7-15-12/h3-7,9,16H,13H2,1-2H3,(H,14,15). The molecule has 6 nitrogen and oxygen atoms in total. The molecule has 0 amide bonds. The van der Waals surface area contributed by atoms with Gasteiger partial charge in [-0.05, 0) is 25.5 Å². The fraction of sp³-hybridized carbons (Fsp3) is 0.250. The molecule has 0 bridgehead atoms. The van der Waals surface area contributed by atoms with Crippen molar-refractivity contribution in [3.8, 4) is 0 Å². The Bertz CT molecular complexity index is 645. The van der Waals surface area contributed by atoms with E-state index in [0.29, 0.717) is 11.4 Å². The Kier molecular flexibility index (Phi) is 3.59. The fourth-order valence-electron chi connectivity index (χ4n) is 1.90. The summed E-state index contributed by atoms with van der Waals surface area (Å²) in [5.74, 6) is 0.552. The number of aryl methyl sites for hydroxylation is 1.